The van der Waals surface area contributed by atoms with Gasteiger partial charge in [0.05, 0.1) is 11.8 Å². The quantitative estimate of drug-likeness (QED) is 0.546. The molecular formula is C13H22N2O. The molecule has 1 N–H and O–H groups in total. The number of hydrogen-bond donors (Lipinski definition) is 1. The molecule has 1 saturated heterocycles. The normalized spacial score (nSPS) is 46.7. The third kappa shape index (κ3) is 1.56. The molecule has 2 saturated carbocycles. The Hall–Kier alpha value is -0.570. The predicted octanol–water partition coefficient (Wildman–Crippen LogP) is 2.35. The van der Waals surface area contributed by atoms with E-state index in [-0.39, 0.29) is 0 Å². The number of rotatable bonds is 1. The molecule has 0 amide bonds. The van der Waals surface area contributed by atoms with Crippen LogP contribution in [-0.2, 0) is 0 Å². The molecule has 0 spiro atoms. The van der Waals surface area contributed by atoms with Crippen LogP contribution < -0.4 is 0 Å². The van der Waals surface area contributed by atoms with E-state index in [1.165, 1.54) is 45.2 Å². The second-order valence-corrected chi connectivity index (χ2v) is 5.98. The van der Waals surface area contributed by atoms with Crippen molar-refractivity contribution >= 4 is 5.71 Å². The van der Waals surface area contributed by atoms with Gasteiger partial charge in [-0.2, -0.15) is 0 Å². The highest BCUT2D eigenvalue weighted by Crippen LogP contribution is 2.45. The SMILES string of the molecule is C[C@@H]1CCCN([C@H]2/C(=N/O)[C@H]3CC[C@@H]2C3)C1. The van der Waals surface area contributed by atoms with Gasteiger partial charge in [0.25, 0.3) is 0 Å². The van der Waals surface area contributed by atoms with Gasteiger partial charge in [0.1, 0.15) is 0 Å². The standard InChI is InChI=1S/C13H22N2O/c1-9-3-2-6-15(8-9)13-11-5-4-10(7-11)12(13)14-16/h9-11,13,16H,2-8H2,1H3/b14-12+/t9-,10+,11-,13-/m1/s1. The number of likely N-dealkylation sites (tertiary alicyclic amines) is 1. The Labute approximate surface area is 97.5 Å². The van der Waals surface area contributed by atoms with Crippen LogP contribution >= 0.6 is 0 Å². The monoisotopic (exact) mass is 222 g/mol. The van der Waals surface area contributed by atoms with E-state index in [2.05, 4.69) is 17.0 Å². The van der Waals surface area contributed by atoms with Gasteiger partial charge in [-0.25, -0.2) is 0 Å². The molecule has 1 aliphatic heterocycles. The van der Waals surface area contributed by atoms with Gasteiger partial charge in [-0.3, -0.25) is 4.90 Å². The highest BCUT2D eigenvalue weighted by atomic mass is 16.4. The Bertz CT molecular complexity index is 302. The predicted molar refractivity (Wildman–Crippen MR) is 63.8 cm³/mol. The molecule has 3 rings (SSSR count). The Morgan fingerprint density at radius 3 is 2.94 bits per heavy atom. The molecule has 4 atom stereocenters. The van der Waals surface area contributed by atoms with Gasteiger partial charge < -0.3 is 5.21 Å². The largest absolute Gasteiger partial charge is 0.411 e. The molecule has 90 valence electrons. The number of oxime groups is 1. The molecule has 0 aromatic heterocycles. The molecule has 0 unspecified atom stereocenters. The summed E-state index contributed by atoms with van der Waals surface area (Å²) in [4.78, 5) is 2.59. The minimum absolute atomic E-state index is 0.478. The smallest absolute Gasteiger partial charge is 0.0775 e. The van der Waals surface area contributed by atoms with Crippen LogP contribution in [0.3, 0.4) is 0 Å². The molecule has 0 aromatic rings. The third-order valence-electron chi connectivity index (χ3n) is 4.84. The van der Waals surface area contributed by atoms with Gasteiger partial charge in [-0.1, -0.05) is 12.1 Å². The molecule has 3 nitrogen and oxygen atoms in total. The topological polar surface area (TPSA) is 35.8 Å². The maximum Gasteiger partial charge on any atom is 0.0775 e. The number of fused-ring (bicyclic) bond motifs is 2. The zero-order valence-corrected chi connectivity index (χ0v) is 10.1. The van der Waals surface area contributed by atoms with Crippen molar-refractivity contribution in [2.45, 2.75) is 45.1 Å². The summed E-state index contributed by atoms with van der Waals surface area (Å²) in [6.45, 7) is 4.75. The molecule has 3 aliphatic rings. The van der Waals surface area contributed by atoms with Crippen molar-refractivity contribution in [3.63, 3.8) is 0 Å². The summed E-state index contributed by atoms with van der Waals surface area (Å²) in [5.41, 5.74) is 1.10. The Balaban J connectivity index is 1.78. The molecule has 16 heavy (non-hydrogen) atoms. The first kappa shape index (κ1) is 10.6. The Morgan fingerprint density at radius 2 is 2.19 bits per heavy atom. The van der Waals surface area contributed by atoms with E-state index in [9.17, 15) is 5.21 Å². The van der Waals surface area contributed by atoms with Crippen molar-refractivity contribution in [2.24, 2.45) is 22.9 Å². The van der Waals surface area contributed by atoms with Crippen molar-refractivity contribution in [2.75, 3.05) is 13.1 Å². The van der Waals surface area contributed by atoms with E-state index in [1.807, 2.05) is 0 Å². The van der Waals surface area contributed by atoms with E-state index in [4.69, 9.17) is 0 Å². The summed E-state index contributed by atoms with van der Waals surface area (Å²) < 4.78 is 0. The van der Waals surface area contributed by atoms with E-state index in [0.717, 1.165) is 17.5 Å². The van der Waals surface area contributed by atoms with E-state index >= 15 is 0 Å². The fraction of sp³-hybridized carbons (Fsp3) is 0.923. The van der Waals surface area contributed by atoms with Crippen LogP contribution in [0.4, 0.5) is 0 Å². The first-order chi connectivity index (χ1) is 7.79. The van der Waals surface area contributed by atoms with E-state index < -0.39 is 0 Å². The lowest BCUT2D eigenvalue weighted by Gasteiger charge is -2.39. The van der Waals surface area contributed by atoms with Crippen molar-refractivity contribution in [3.8, 4) is 0 Å². The zero-order valence-electron chi connectivity index (χ0n) is 10.1. The Morgan fingerprint density at radius 1 is 1.31 bits per heavy atom. The summed E-state index contributed by atoms with van der Waals surface area (Å²) in [6.07, 6.45) is 6.55. The summed E-state index contributed by atoms with van der Waals surface area (Å²) in [6, 6.07) is 0.478. The van der Waals surface area contributed by atoms with Crippen LogP contribution in [0.25, 0.3) is 0 Å². The first-order valence-corrected chi connectivity index (χ1v) is 6.75. The lowest BCUT2D eigenvalue weighted by atomic mass is 9.89. The number of hydrogen-bond acceptors (Lipinski definition) is 3. The summed E-state index contributed by atoms with van der Waals surface area (Å²) in [5.74, 6) is 2.19. The fourth-order valence-corrected chi connectivity index (χ4v) is 4.16. The van der Waals surface area contributed by atoms with Crippen molar-refractivity contribution < 1.29 is 5.21 Å². The highest BCUT2D eigenvalue weighted by molar-refractivity contribution is 5.94. The maximum absolute atomic E-state index is 9.22. The van der Waals surface area contributed by atoms with Gasteiger partial charge >= 0.3 is 0 Å². The minimum atomic E-state index is 0.478. The lowest BCUT2D eigenvalue weighted by Crippen LogP contribution is -2.49. The van der Waals surface area contributed by atoms with Crippen LogP contribution in [0.2, 0.25) is 0 Å². The lowest BCUT2D eigenvalue weighted by molar-refractivity contribution is 0.131. The third-order valence-corrected chi connectivity index (χ3v) is 4.84. The van der Waals surface area contributed by atoms with Crippen molar-refractivity contribution in [1.29, 1.82) is 0 Å². The average molecular weight is 222 g/mol. The molecular weight excluding hydrogens is 200 g/mol. The van der Waals surface area contributed by atoms with Crippen LogP contribution in [0.15, 0.2) is 5.16 Å². The first-order valence-electron chi connectivity index (χ1n) is 6.75. The Kier molecular flexibility index (Phi) is 2.66. The van der Waals surface area contributed by atoms with Gasteiger partial charge in [0.15, 0.2) is 0 Å². The van der Waals surface area contributed by atoms with Crippen LogP contribution in [0.5, 0.6) is 0 Å². The molecule has 3 fully saturated rings. The van der Waals surface area contributed by atoms with Gasteiger partial charge in [0, 0.05) is 12.5 Å². The maximum atomic E-state index is 9.22. The van der Waals surface area contributed by atoms with Crippen LogP contribution in [0, 0.1) is 17.8 Å². The van der Waals surface area contributed by atoms with Crippen molar-refractivity contribution in [1.82, 2.24) is 4.90 Å². The second kappa shape index (κ2) is 4.02. The summed E-state index contributed by atoms with van der Waals surface area (Å²) >= 11 is 0. The molecule has 3 heteroatoms. The fourth-order valence-electron chi connectivity index (χ4n) is 4.16. The zero-order chi connectivity index (χ0) is 11.1. The molecule has 2 bridgehead atoms. The number of nitrogens with zero attached hydrogens (tertiary/aromatic N) is 2. The van der Waals surface area contributed by atoms with E-state index in [1.54, 1.807) is 0 Å². The van der Waals surface area contributed by atoms with Gasteiger partial charge in [0.2, 0.25) is 0 Å². The highest BCUT2D eigenvalue weighted by Gasteiger charge is 2.48. The average Bonchev–Trinajstić information content (AvgIpc) is 2.88. The summed E-state index contributed by atoms with van der Waals surface area (Å²) in [5, 5.41) is 12.8. The van der Waals surface area contributed by atoms with Crippen molar-refractivity contribution in [3.05, 3.63) is 0 Å². The van der Waals surface area contributed by atoms with Crippen LogP contribution in [-0.4, -0.2) is 35.0 Å². The second-order valence-electron chi connectivity index (χ2n) is 5.98. The molecule has 0 radical (unpaired) electrons. The van der Waals surface area contributed by atoms with Gasteiger partial charge in [-0.15, -0.1) is 0 Å². The minimum Gasteiger partial charge on any atom is -0.411 e. The summed E-state index contributed by atoms with van der Waals surface area (Å²) in [7, 11) is 0. The van der Waals surface area contributed by atoms with E-state index in [0.29, 0.717) is 12.0 Å². The molecule has 2 aliphatic carbocycles. The van der Waals surface area contributed by atoms with Crippen LogP contribution in [0.1, 0.15) is 39.0 Å². The van der Waals surface area contributed by atoms with Gasteiger partial charge in [-0.05, 0) is 50.5 Å². The number of piperidine rings is 1. The molecule has 0 aromatic carbocycles. The molecule has 1 heterocycles.